The maximum absolute atomic E-state index is 12.8. The molecular formula is C22H21N5O. The molecule has 5 rings (SSSR count). The molecule has 0 saturated carbocycles. The predicted octanol–water partition coefficient (Wildman–Crippen LogP) is 2.98. The summed E-state index contributed by atoms with van der Waals surface area (Å²) in [6.45, 7) is 1.51. The second kappa shape index (κ2) is 6.78. The summed E-state index contributed by atoms with van der Waals surface area (Å²) in [4.78, 5) is 23.2. The third kappa shape index (κ3) is 2.76. The molecule has 28 heavy (non-hydrogen) atoms. The van der Waals surface area contributed by atoms with Gasteiger partial charge in [-0.2, -0.15) is 10.2 Å². The zero-order valence-electron chi connectivity index (χ0n) is 15.5. The lowest BCUT2D eigenvalue weighted by Gasteiger charge is -2.40. The highest BCUT2D eigenvalue weighted by molar-refractivity contribution is 5.93. The number of benzene rings is 1. The number of aromatic nitrogens is 4. The second-order valence-corrected chi connectivity index (χ2v) is 7.72. The van der Waals surface area contributed by atoms with E-state index in [1.807, 2.05) is 17.3 Å². The van der Waals surface area contributed by atoms with E-state index in [0.29, 0.717) is 11.5 Å². The molecule has 1 aliphatic carbocycles. The Bertz CT molecular complexity index is 984. The van der Waals surface area contributed by atoms with Crippen molar-refractivity contribution in [3.8, 4) is 0 Å². The number of fused-ring (bicyclic) bond motifs is 2. The molecule has 1 amide bonds. The van der Waals surface area contributed by atoms with Crippen LogP contribution in [-0.4, -0.2) is 44.1 Å². The van der Waals surface area contributed by atoms with Crippen molar-refractivity contribution in [3.05, 3.63) is 83.7 Å². The molecule has 1 unspecified atom stereocenters. The second-order valence-electron chi connectivity index (χ2n) is 7.72. The van der Waals surface area contributed by atoms with Crippen LogP contribution >= 0.6 is 0 Å². The summed E-state index contributed by atoms with van der Waals surface area (Å²) in [5.74, 6) is 0.369. The molecule has 1 spiro atoms. The fourth-order valence-corrected chi connectivity index (χ4v) is 4.89. The summed E-state index contributed by atoms with van der Waals surface area (Å²) in [7, 11) is 0. The van der Waals surface area contributed by atoms with Crippen molar-refractivity contribution in [3.63, 3.8) is 0 Å². The Balaban J connectivity index is 1.41. The third-order valence-electron chi connectivity index (χ3n) is 6.32. The monoisotopic (exact) mass is 371 g/mol. The maximum Gasteiger partial charge on any atom is 0.255 e. The van der Waals surface area contributed by atoms with E-state index in [0.717, 1.165) is 32.4 Å². The third-order valence-corrected chi connectivity index (χ3v) is 6.32. The van der Waals surface area contributed by atoms with E-state index in [2.05, 4.69) is 44.4 Å². The first-order chi connectivity index (χ1) is 13.8. The summed E-state index contributed by atoms with van der Waals surface area (Å²) in [5.41, 5.74) is 4.71. The standard InChI is InChI=1S/C22H21N5O/c28-21(16-5-8-25-26-14-16)27-9-6-22(7-10-27)11-19(17-12-23-15-24-13-17)18-3-1-2-4-20(18)22/h1-5,8,12-15,19H,6-7,9-11H2. The van der Waals surface area contributed by atoms with Gasteiger partial charge in [-0.05, 0) is 47.4 Å². The first-order valence-electron chi connectivity index (χ1n) is 9.67. The zero-order valence-corrected chi connectivity index (χ0v) is 15.5. The highest BCUT2D eigenvalue weighted by Gasteiger charge is 2.46. The number of piperidine rings is 1. The van der Waals surface area contributed by atoms with E-state index in [9.17, 15) is 4.79 Å². The van der Waals surface area contributed by atoms with E-state index in [1.54, 1.807) is 24.8 Å². The van der Waals surface area contributed by atoms with Gasteiger partial charge < -0.3 is 4.90 Å². The normalized spacial score (nSPS) is 20.1. The van der Waals surface area contributed by atoms with E-state index in [-0.39, 0.29) is 11.3 Å². The van der Waals surface area contributed by atoms with Gasteiger partial charge in [0.05, 0.1) is 18.0 Å². The number of rotatable bonds is 2. The Morgan fingerprint density at radius 2 is 1.79 bits per heavy atom. The average molecular weight is 371 g/mol. The van der Waals surface area contributed by atoms with Crippen molar-refractivity contribution in [2.24, 2.45) is 0 Å². The summed E-state index contributed by atoms with van der Waals surface area (Å²) >= 11 is 0. The molecule has 0 bridgehead atoms. The molecule has 140 valence electrons. The first-order valence-corrected chi connectivity index (χ1v) is 9.67. The maximum atomic E-state index is 12.8. The van der Waals surface area contributed by atoms with Crippen LogP contribution in [0.3, 0.4) is 0 Å². The number of likely N-dealkylation sites (tertiary alicyclic amines) is 1. The predicted molar refractivity (Wildman–Crippen MR) is 104 cm³/mol. The highest BCUT2D eigenvalue weighted by atomic mass is 16.2. The van der Waals surface area contributed by atoms with Gasteiger partial charge in [-0.1, -0.05) is 24.3 Å². The van der Waals surface area contributed by atoms with E-state index >= 15 is 0 Å². The number of amides is 1. The Morgan fingerprint density at radius 1 is 1.00 bits per heavy atom. The van der Waals surface area contributed by atoms with Crippen molar-refractivity contribution in [1.29, 1.82) is 0 Å². The van der Waals surface area contributed by atoms with Crippen LogP contribution in [-0.2, 0) is 5.41 Å². The fraction of sp³-hybridized carbons (Fsp3) is 0.318. The number of carbonyl (C=O) groups excluding carboxylic acids is 1. The van der Waals surface area contributed by atoms with Crippen molar-refractivity contribution in [2.75, 3.05) is 13.1 Å². The molecule has 2 aromatic heterocycles. The quantitative estimate of drug-likeness (QED) is 0.692. The van der Waals surface area contributed by atoms with Gasteiger partial charge in [0.2, 0.25) is 0 Å². The SMILES string of the molecule is O=C(c1ccnnc1)N1CCC2(CC1)CC(c1cncnc1)c1ccccc12. The lowest BCUT2D eigenvalue weighted by atomic mass is 9.73. The van der Waals surface area contributed by atoms with Crippen LogP contribution in [0.4, 0.5) is 0 Å². The highest BCUT2D eigenvalue weighted by Crippen LogP contribution is 2.53. The van der Waals surface area contributed by atoms with Crippen LogP contribution in [0.2, 0.25) is 0 Å². The smallest absolute Gasteiger partial charge is 0.255 e. The van der Waals surface area contributed by atoms with Crippen LogP contribution in [0.5, 0.6) is 0 Å². The van der Waals surface area contributed by atoms with Crippen LogP contribution < -0.4 is 0 Å². The molecule has 1 atom stereocenters. The van der Waals surface area contributed by atoms with Gasteiger partial charge in [0.25, 0.3) is 5.91 Å². The van der Waals surface area contributed by atoms with E-state index in [1.165, 1.54) is 16.7 Å². The van der Waals surface area contributed by atoms with Gasteiger partial charge in [-0.25, -0.2) is 9.97 Å². The topological polar surface area (TPSA) is 71.9 Å². The number of carbonyl (C=O) groups is 1. The van der Waals surface area contributed by atoms with Gasteiger partial charge in [0, 0.05) is 31.4 Å². The van der Waals surface area contributed by atoms with Gasteiger partial charge in [-0.3, -0.25) is 4.79 Å². The van der Waals surface area contributed by atoms with Crippen LogP contribution in [0.15, 0.2) is 61.4 Å². The van der Waals surface area contributed by atoms with Gasteiger partial charge in [-0.15, -0.1) is 0 Å². The molecular weight excluding hydrogens is 350 g/mol. The van der Waals surface area contributed by atoms with Crippen molar-refractivity contribution in [2.45, 2.75) is 30.6 Å². The lowest BCUT2D eigenvalue weighted by Crippen LogP contribution is -2.44. The first kappa shape index (κ1) is 17.0. The zero-order chi connectivity index (χ0) is 19.0. The average Bonchev–Trinajstić information content (AvgIpc) is 3.09. The lowest BCUT2D eigenvalue weighted by molar-refractivity contribution is 0.0663. The van der Waals surface area contributed by atoms with Gasteiger partial charge in [0.15, 0.2) is 0 Å². The summed E-state index contributed by atoms with van der Waals surface area (Å²) in [6.07, 6.45) is 11.6. The van der Waals surface area contributed by atoms with Crippen molar-refractivity contribution in [1.82, 2.24) is 25.1 Å². The molecule has 6 heteroatoms. The van der Waals surface area contributed by atoms with Gasteiger partial charge >= 0.3 is 0 Å². The minimum Gasteiger partial charge on any atom is -0.339 e. The van der Waals surface area contributed by atoms with Crippen LogP contribution in [0.1, 0.15) is 52.2 Å². The Hall–Kier alpha value is -3.15. The minimum absolute atomic E-state index is 0.0454. The summed E-state index contributed by atoms with van der Waals surface area (Å²) in [6, 6.07) is 10.5. The van der Waals surface area contributed by atoms with Crippen LogP contribution in [0.25, 0.3) is 0 Å². The molecule has 3 heterocycles. The van der Waals surface area contributed by atoms with Crippen molar-refractivity contribution < 1.29 is 4.79 Å². The van der Waals surface area contributed by atoms with Crippen LogP contribution in [0, 0.1) is 0 Å². The largest absolute Gasteiger partial charge is 0.339 e. The number of hydrogen-bond donors (Lipinski definition) is 0. The molecule has 1 fully saturated rings. The molecule has 1 aliphatic heterocycles. The number of hydrogen-bond acceptors (Lipinski definition) is 5. The minimum atomic E-state index is 0.0454. The van der Waals surface area contributed by atoms with Crippen molar-refractivity contribution >= 4 is 5.91 Å². The summed E-state index contributed by atoms with van der Waals surface area (Å²) < 4.78 is 0. The molecule has 1 saturated heterocycles. The van der Waals surface area contributed by atoms with Gasteiger partial charge in [0.1, 0.15) is 6.33 Å². The molecule has 0 N–H and O–H groups in total. The Morgan fingerprint density at radius 3 is 2.54 bits per heavy atom. The Kier molecular flexibility index (Phi) is 4.11. The summed E-state index contributed by atoms with van der Waals surface area (Å²) in [5, 5.41) is 7.60. The number of nitrogens with zero attached hydrogens (tertiary/aromatic N) is 5. The van der Waals surface area contributed by atoms with E-state index in [4.69, 9.17) is 0 Å². The van der Waals surface area contributed by atoms with E-state index < -0.39 is 0 Å². The molecule has 0 radical (unpaired) electrons. The molecule has 3 aromatic rings. The fourth-order valence-electron chi connectivity index (χ4n) is 4.89. The molecule has 6 nitrogen and oxygen atoms in total. The Labute approximate surface area is 163 Å². The molecule has 1 aromatic carbocycles. The molecule has 2 aliphatic rings.